The van der Waals surface area contributed by atoms with Gasteiger partial charge < -0.3 is 9.14 Å². The number of pyridine rings is 1. The summed E-state index contributed by atoms with van der Waals surface area (Å²) in [5.41, 5.74) is 1.14. The molecule has 1 aliphatic carbocycles. The molecule has 0 saturated heterocycles. The van der Waals surface area contributed by atoms with Crippen LogP contribution < -0.4 is 0 Å². The summed E-state index contributed by atoms with van der Waals surface area (Å²) in [6, 6.07) is 1.92. The molecule has 0 amide bonds. The minimum absolute atomic E-state index is 0.514. The van der Waals surface area contributed by atoms with Gasteiger partial charge in [-0.15, -0.1) is 0 Å². The van der Waals surface area contributed by atoms with Crippen LogP contribution in [0, 0.1) is 0 Å². The number of methoxy groups -OCH3 is 1. The zero-order valence-electron chi connectivity index (χ0n) is 9.41. The Kier molecular flexibility index (Phi) is 2.48. The van der Waals surface area contributed by atoms with E-state index in [1.807, 2.05) is 16.7 Å². The Bertz CT molecular complexity index is 577. The summed E-state index contributed by atoms with van der Waals surface area (Å²) < 4.78 is 21.8. The molecule has 17 heavy (non-hydrogen) atoms. The maximum absolute atomic E-state index is 13.9. The fraction of sp³-hybridized carbons (Fsp3) is 0.417. The first-order valence-electron chi connectivity index (χ1n) is 5.48. The fourth-order valence-corrected chi connectivity index (χ4v) is 2.35. The van der Waals surface area contributed by atoms with Crippen molar-refractivity contribution in [2.45, 2.75) is 25.1 Å². The summed E-state index contributed by atoms with van der Waals surface area (Å²) in [5.74, 6) is 0. The average Bonchev–Trinajstić information content (AvgIpc) is 2.90. The maximum atomic E-state index is 13.9. The van der Waals surface area contributed by atoms with Gasteiger partial charge in [-0.3, -0.25) is 0 Å². The van der Waals surface area contributed by atoms with Crippen LogP contribution in [-0.2, 0) is 17.0 Å². The van der Waals surface area contributed by atoms with Gasteiger partial charge in [0.05, 0.1) is 12.3 Å². The van der Waals surface area contributed by atoms with Gasteiger partial charge in [0.15, 0.2) is 5.67 Å². The van der Waals surface area contributed by atoms with Gasteiger partial charge in [-0.2, -0.15) is 0 Å². The lowest BCUT2D eigenvalue weighted by molar-refractivity contribution is 0.184. The zero-order valence-corrected chi connectivity index (χ0v) is 11.0. The van der Waals surface area contributed by atoms with Crippen molar-refractivity contribution in [2.75, 3.05) is 7.11 Å². The van der Waals surface area contributed by atoms with Crippen molar-refractivity contribution in [1.82, 2.24) is 9.38 Å². The second-order valence-corrected chi connectivity index (χ2v) is 5.29. The Labute approximate surface area is 107 Å². The molecule has 1 saturated carbocycles. The predicted molar refractivity (Wildman–Crippen MR) is 65.6 cm³/mol. The van der Waals surface area contributed by atoms with E-state index in [9.17, 15) is 4.39 Å². The number of imidazole rings is 1. The molecule has 1 aliphatic rings. The molecule has 0 spiro atoms. The summed E-state index contributed by atoms with van der Waals surface area (Å²) in [5, 5.41) is 0. The van der Waals surface area contributed by atoms with E-state index >= 15 is 0 Å². The number of halogens is 2. The molecule has 2 aromatic rings. The molecule has 0 aromatic carbocycles. The molecule has 3 rings (SSSR count). The smallest absolute Gasteiger partial charge is 0.154 e. The number of aromatic nitrogens is 2. The van der Waals surface area contributed by atoms with Crippen LogP contribution in [0.25, 0.3) is 5.65 Å². The second-order valence-electron chi connectivity index (χ2n) is 4.44. The molecule has 5 heteroatoms. The summed E-state index contributed by atoms with van der Waals surface area (Å²) in [6.07, 6.45) is 4.83. The van der Waals surface area contributed by atoms with Crippen molar-refractivity contribution in [3.63, 3.8) is 0 Å². The summed E-state index contributed by atoms with van der Waals surface area (Å²) in [4.78, 5) is 4.34. The number of alkyl halides is 1. The lowest BCUT2D eigenvalue weighted by atomic mass is 10.3. The van der Waals surface area contributed by atoms with E-state index in [0.29, 0.717) is 25.1 Å². The van der Waals surface area contributed by atoms with E-state index in [1.54, 1.807) is 13.3 Å². The highest BCUT2D eigenvalue weighted by atomic mass is 79.9. The third-order valence-corrected chi connectivity index (χ3v) is 3.79. The van der Waals surface area contributed by atoms with Gasteiger partial charge in [0, 0.05) is 24.0 Å². The normalized spacial score (nSPS) is 17.6. The van der Waals surface area contributed by atoms with Gasteiger partial charge in [-0.25, -0.2) is 9.37 Å². The number of hydrogen-bond acceptors (Lipinski definition) is 2. The number of rotatable bonds is 3. The molecular formula is C12H12BrFN2O. The molecule has 0 radical (unpaired) electrons. The maximum Gasteiger partial charge on any atom is 0.154 e. The first-order valence-corrected chi connectivity index (χ1v) is 6.27. The van der Waals surface area contributed by atoms with Crippen molar-refractivity contribution in [2.24, 2.45) is 0 Å². The van der Waals surface area contributed by atoms with Crippen molar-refractivity contribution in [3.8, 4) is 0 Å². The van der Waals surface area contributed by atoms with Crippen LogP contribution in [0.1, 0.15) is 24.1 Å². The Hall–Kier alpha value is -0.940. The minimum Gasteiger partial charge on any atom is -0.380 e. The Morgan fingerprint density at radius 1 is 1.53 bits per heavy atom. The van der Waals surface area contributed by atoms with E-state index in [2.05, 4.69) is 20.9 Å². The van der Waals surface area contributed by atoms with E-state index in [1.165, 1.54) is 0 Å². The van der Waals surface area contributed by atoms with Crippen molar-refractivity contribution < 1.29 is 9.13 Å². The van der Waals surface area contributed by atoms with Gasteiger partial charge >= 0.3 is 0 Å². The van der Waals surface area contributed by atoms with Crippen LogP contribution in [0.2, 0.25) is 0 Å². The van der Waals surface area contributed by atoms with Crippen LogP contribution in [0.4, 0.5) is 4.39 Å². The first kappa shape index (κ1) is 11.2. The van der Waals surface area contributed by atoms with Gasteiger partial charge in [0.25, 0.3) is 0 Å². The van der Waals surface area contributed by atoms with E-state index in [0.717, 1.165) is 15.7 Å². The molecule has 0 bridgehead atoms. The molecule has 2 aromatic heterocycles. The number of nitrogens with zero attached hydrogens (tertiary/aromatic N) is 2. The van der Waals surface area contributed by atoms with E-state index in [4.69, 9.17) is 4.74 Å². The monoisotopic (exact) mass is 298 g/mol. The van der Waals surface area contributed by atoms with Crippen LogP contribution in [0.3, 0.4) is 0 Å². The summed E-state index contributed by atoms with van der Waals surface area (Å²) in [7, 11) is 1.65. The highest BCUT2D eigenvalue weighted by molar-refractivity contribution is 9.10. The van der Waals surface area contributed by atoms with Gasteiger partial charge in [-0.05, 0) is 40.4 Å². The summed E-state index contributed by atoms with van der Waals surface area (Å²) in [6.45, 7) is 0.514. The standard InChI is InChI=1S/C12H12BrFN2O/c1-17-7-8-4-11-15-10(12(14)2-3-12)6-16(11)5-9(8)13/h4-6H,2-3,7H2,1H3. The highest BCUT2D eigenvalue weighted by Crippen LogP contribution is 2.48. The topological polar surface area (TPSA) is 26.5 Å². The molecule has 0 unspecified atom stereocenters. The lowest BCUT2D eigenvalue weighted by Gasteiger charge is -2.03. The number of hydrogen-bond donors (Lipinski definition) is 0. The average molecular weight is 299 g/mol. The SMILES string of the molecule is COCc1cc2nc(C3(F)CC3)cn2cc1Br. The van der Waals surface area contributed by atoms with Crippen molar-refractivity contribution >= 4 is 21.6 Å². The summed E-state index contributed by atoms with van der Waals surface area (Å²) >= 11 is 3.47. The molecule has 3 nitrogen and oxygen atoms in total. The fourth-order valence-electron chi connectivity index (χ4n) is 1.90. The van der Waals surface area contributed by atoms with Gasteiger partial charge in [0.1, 0.15) is 5.65 Å². The molecule has 0 aliphatic heterocycles. The van der Waals surface area contributed by atoms with Crippen LogP contribution in [0.5, 0.6) is 0 Å². The zero-order chi connectivity index (χ0) is 12.0. The second kappa shape index (κ2) is 3.78. The molecule has 0 N–H and O–H groups in total. The lowest BCUT2D eigenvalue weighted by Crippen LogP contribution is -1.96. The molecular weight excluding hydrogens is 287 g/mol. The Balaban J connectivity index is 2.09. The van der Waals surface area contributed by atoms with Gasteiger partial charge in [-0.1, -0.05) is 0 Å². The molecule has 90 valence electrons. The first-order chi connectivity index (χ1) is 8.12. The van der Waals surface area contributed by atoms with Gasteiger partial charge in [0.2, 0.25) is 0 Å². The Morgan fingerprint density at radius 2 is 2.29 bits per heavy atom. The van der Waals surface area contributed by atoms with Crippen LogP contribution in [-0.4, -0.2) is 16.5 Å². The quantitative estimate of drug-likeness (QED) is 0.870. The van der Waals surface area contributed by atoms with Crippen LogP contribution in [0.15, 0.2) is 22.9 Å². The van der Waals surface area contributed by atoms with E-state index < -0.39 is 5.67 Å². The van der Waals surface area contributed by atoms with E-state index in [-0.39, 0.29) is 0 Å². The molecule has 0 atom stereocenters. The molecule has 1 fully saturated rings. The van der Waals surface area contributed by atoms with Crippen molar-refractivity contribution in [1.29, 1.82) is 0 Å². The number of fused-ring (bicyclic) bond motifs is 1. The predicted octanol–water partition coefficient (Wildman–Crippen LogP) is 3.20. The third-order valence-electron chi connectivity index (χ3n) is 3.07. The third kappa shape index (κ3) is 1.87. The number of ether oxygens (including phenoxy) is 1. The minimum atomic E-state index is -1.18. The largest absolute Gasteiger partial charge is 0.380 e. The van der Waals surface area contributed by atoms with Crippen molar-refractivity contribution in [3.05, 3.63) is 34.2 Å². The Morgan fingerprint density at radius 3 is 2.94 bits per heavy atom. The van der Waals surface area contributed by atoms with Crippen LogP contribution >= 0.6 is 15.9 Å². The highest BCUT2D eigenvalue weighted by Gasteiger charge is 2.47. The molecule has 2 heterocycles.